The van der Waals surface area contributed by atoms with Crippen LogP contribution < -0.4 is 19.6 Å². The highest BCUT2D eigenvalue weighted by Crippen LogP contribution is 2.33. The van der Waals surface area contributed by atoms with Gasteiger partial charge >= 0.3 is 5.97 Å². The van der Waals surface area contributed by atoms with E-state index in [1.54, 1.807) is 24.5 Å². The maximum Gasteiger partial charge on any atom is 0.338 e. The second-order valence-corrected chi connectivity index (χ2v) is 11.5. The highest BCUT2D eigenvalue weighted by molar-refractivity contribution is 14.1. The van der Waals surface area contributed by atoms with Gasteiger partial charge in [-0.2, -0.15) is 0 Å². The lowest BCUT2D eigenvalue weighted by atomic mass is 10.0. The molecule has 0 saturated heterocycles. The van der Waals surface area contributed by atoms with Gasteiger partial charge in [-0.1, -0.05) is 30.1 Å². The molecule has 0 amide bonds. The minimum absolute atomic E-state index is 0.187. The number of carbonyl (C=O) groups is 1. The highest BCUT2D eigenvalue weighted by atomic mass is 127. The van der Waals surface area contributed by atoms with Crippen LogP contribution in [-0.2, 0) is 9.53 Å². The first-order chi connectivity index (χ1) is 16.3. The number of benzene rings is 1. The molecule has 0 fully saturated rings. The lowest BCUT2D eigenvalue weighted by Crippen LogP contribution is -2.39. The number of rotatable bonds is 7. The van der Waals surface area contributed by atoms with Gasteiger partial charge in [0.25, 0.3) is 5.56 Å². The molecule has 3 aromatic rings. The molecule has 0 aliphatic carbocycles. The van der Waals surface area contributed by atoms with Crippen LogP contribution in [-0.4, -0.2) is 23.8 Å². The lowest BCUT2D eigenvalue weighted by molar-refractivity contribution is -0.139. The summed E-state index contributed by atoms with van der Waals surface area (Å²) < 4.78 is 15.1. The van der Waals surface area contributed by atoms with Gasteiger partial charge in [-0.15, -0.1) is 11.3 Å². The first kappa shape index (κ1) is 25.3. The number of hydrogen-bond acceptors (Lipinski definition) is 7. The zero-order valence-corrected chi connectivity index (χ0v) is 24.3. The number of thiophene rings is 1. The van der Waals surface area contributed by atoms with Gasteiger partial charge in [0.2, 0.25) is 0 Å². The van der Waals surface area contributed by atoms with Crippen LogP contribution in [0.5, 0.6) is 5.75 Å². The van der Waals surface area contributed by atoms with Crippen LogP contribution in [0.15, 0.2) is 63.4 Å². The summed E-state index contributed by atoms with van der Waals surface area (Å²) in [6, 6.07) is 7.23. The number of fused-ring (bicyclic) bond motifs is 1. The van der Waals surface area contributed by atoms with Crippen LogP contribution in [0.3, 0.4) is 0 Å². The van der Waals surface area contributed by atoms with Gasteiger partial charge in [0.15, 0.2) is 4.80 Å². The number of allylic oxidation sites excluding steroid dienone is 1. The van der Waals surface area contributed by atoms with E-state index in [1.165, 1.54) is 22.7 Å². The predicted octanol–water partition coefficient (Wildman–Crippen LogP) is 4.63. The van der Waals surface area contributed by atoms with Gasteiger partial charge in [-0.05, 0) is 94.2 Å². The molecule has 0 radical (unpaired) electrons. The number of carbonyl (C=O) groups excluding carboxylic acids is 1. The fraction of sp³-hybridized carbons (Fsp3) is 0.208. The SMILES string of the molecule is C=CCOc1c(I)cc(/C=c2\sc3n(c2=O)C(c2cccs2)C(C(=O)OCC)=C(C)N=3)cc1I. The molecule has 0 spiro atoms. The van der Waals surface area contributed by atoms with Gasteiger partial charge in [0.1, 0.15) is 18.4 Å². The quantitative estimate of drug-likeness (QED) is 0.203. The number of thiazole rings is 1. The zero-order chi connectivity index (χ0) is 24.4. The molecule has 0 N–H and O–H groups in total. The molecule has 1 unspecified atom stereocenters. The number of esters is 1. The molecule has 3 heterocycles. The van der Waals surface area contributed by atoms with Crippen molar-refractivity contribution in [2.45, 2.75) is 19.9 Å². The number of hydrogen-bond donors (Lipinski definition) is 0. The van der Waals surface area contributed by atoms with Crippen molar-refractivity contribution in [3.8, 4) is 5.75 Å². The van der Waals surface area contributed by atoms with Crippen molar-refractivity contribution in [1.29, 1.82) is 0 Å². The topological polar surface area (TPSA) is 69.9 Å². The molecule has 1 aliphatic rings. The van der Waals surface area contributed by atoms with E-state index in [2.05, 4.69) is 56.8 Å². The van der Waals surface area contributed by atoms with Crippen LogP contribution in [0.1, 0.15) is 30.3 Å². The van der Waals surface area contributed by atoms with Crippen molar-refractivity contribution in [1.82, 2.24) is 4.57 Å². The van der Waals surface area contributed by atoms with Gasteiger partial charge in [-0.25, -0.2) is 9.79 Å². The van der Waals surface area contributed by atoms with Crippen molar-refractivity contribution in [3.05, 3.63) is 90.8 Å². The minimum Gasteiger partial charge on any atom is -0.487 e. The van der Waals surface area contributed by atoms with E-state index < -0.39 is 12.0 Å². The summed E-state index contributed by atoms with van der Waals surface area (Å²) in [6.07, 6.45) is 3.57. The standard InChI is InChI=1S/C24H20I2N2O4S2/c1-4-8-32-21-15(25)10-14(11-16(21)26)12-18-22(29)28-20(17-7-6-9-33-17)19(23(30)31-5-2)13(3)27-24(28)34-18/h4,6-7,9-12,20H,1,5,8H2,2-3H3/b18-12-. The van der Waals surface area contributed by atoms with Crippen molar-refractivity contribution in [2.75, 3.05) is 13.2 Å². The molecule has 0 saturated carbocycles. The molecule has 2 aromatic heterocycles. The van der Waals surface area contributed by atoms with E-state index in [4.69, 9.17) is 9.47 Å². The summed E-state index contributed by atoms with van der Waals surface area (Å²) in [5.41, 5.74) is 1.67. The van der Waals surface area contributed by atoms with E-state index >= 15 is 0 Å². The van der Waals surface area contributed by atoms with E-state index in [1.807, 2.05) is 35.7 Å². The summed E-state index contributed by atoms with van der Waals surface area (Å²) in [5, 5.41) is 1.93. The average molecular weight is 718 g/mol. The Morgan fingerprint density at radius 2 is 2.06 bits per heavy atom. The lowest BCUT2D eigenvalue weighted by Gasteiger charge is -2.23. The van der Waals surface area contributed by atoms with E-state index in [0.29, 0.717) is 27.2 Å². The van der Waals surface area contributed by atoms with E-state index in [9.17, 15) is 9.59 Å². The molecule has 34 heavy (non-hydrogen) atoms. The Kier molecular flexibility index (Phi) is 8.10. The minimum atomic E-state index is -0.563. The van der Waals surface area contributed by atoms with E-state index in [-0.39, 0.29) is 12.2 Å². The van der Waals surface area contributed by atoms with Gasteiger partial charge in [0.05, 0.1) is 29.5 Å². The first-order valence-electron chi connectivity index (χ1n) is 10.3. The highest BCUT2D eigenvalue weighted by Gasteiger charge is 2.33. The molecular weight excluding hydrogens is 698 g/mol. The smallest absolute Gasteiger partial charge is 0.338 e. The van der Waals surface area contributed by atoms with Crippen LogP contribution in [0.4, 0.5) is 0 Å². The van der Waals surface area contributed by atoms with Crippen LogP contribution >= 0.6 is 67.9 Å². The molecule has 4 rings (SSSR count). The number of aromatic nitrogens is 1. The largest absolute Gasteiger partial charge is 0.487 e. The summed E-state index contributed by atoms with van der Waals surface area (Å²) in [6.45, 7) is 7.92. The molecule has 1 atom stereocenters. The average Bonchev–Trinajstić information content (AvgIpc) is 3.41. The third-order valence-electron chi connectivity index (χ3n) is 4.99. The zero-order valence-electron chi connectivity index (χ0n) is 18.3. The Bertz CT molecular complexity index is 1450. The molecule has 176 valence electrons. The molecule has 1 aromatic carbocycles. The summed E-state index contributed by atoms with van der Waals surface area (Å²) in [7, 11) is 0. The first-order valence-corrected chi connectivity index (χ1v) is 14.2. The molecule has 10 heteroatoms. The fourth-order valence-corrected chi connectivity index (χ4v) is 7.60. The van der Waals surface area contributed by atoms with Gasteiger partial charge in [-0.3, -0.25) is 9.36 Å². The Morgan fingerprint density at radius 3 is 2.68 bits per heavy atom. The van der Waals surface area contributed by atoms with Crippen LogP contribution in [0.2, 0.25) is 0 Å². The number of nitrogens with zero attached hydrogens (tertiary/aromatic N) is 2. The summed E-state index contributed by atoms with van der Waals surface area (Å²) >= 11 is 7.27. The predicted molar refractivity (Wildman–Crippen MR) is 152 cm³/mol. The number of ether oxygens (including phenoxy) is 2. The maximum atomic E-state index is 13.6. The Balaban J connectivity index is 1.86. The van der Waals surface area contributed by atoms with Crippen molar-refractivity contribution in [3.63, 3.8) is 0 Å². The third kappa shape index (κ3) is 4.95. The Hall–Kier alpha value is -1.77. The van der Waals surface area contributed by atoms with Crippen molar-refractivity contribution >= 4 is 79.9 Å². The Morgan fingerprint density at radius 1 is 1.32 bits per heavy atom. The number of halogens is 2. The van der Waals surface area contributed by atoms with E-state index in [0.717, 1.165) is 23.3 Å². The monoisotopic (exact) mass is 718 g/mol. The van der Waals surface area contributed by atoms with Crippen LogP contribution in [0, 0.1) is 7.14 Å². The molecule has 0 bridgehead atoms. The molecular formula is C24H20I2N2O4S2. The second kappa shape index (κ2) is 10.9. The molecule has 1 aliphatic heterocycles. The third-order valence-corrected chi connectivity index (χ3v) is 8.50. The second-order valence-electron chi connectivity index (χ2n) is 7.23. The summed E-state index contributed by atoms with van der Waals surface area (Å²) in [4.78, 5) is 32.5. The summed E-state index contributed by atoms with van der Waals surface area (Å²) in [5.74, 6) is 0.350. The van der Waals surface area contributed by atoms with Crippen LogP contribution in [0.25, 0.3) is 6.08 Å². The Labute approximate surface area is 231 Å². The molecule has 6 nitrogen and oxygen atoms in total. The van der Waals surface area contributed by atoms with Gasteiger partial charge < -0.3 is 9.47 Å². The normalized spacial score (nSPS) is 15.6. The van der Waals surface area contributed by atoms with Gasteiger partial charge in [0, 0.05) is 4.88 Å². The fourth-order valence-electron chi connectivity index (χ4n) is 3.60. The van der Waals surface area contributed by atoms with Crippen molar-refractivity contribution in [2.24, 2.45) is 4.99 Å². The maximum absolute atomic E-state index is 13.6. The van der Waals surface area contributed by atoms with Crippen molar-refractivity contribution < 1.29 is 14.3 Å².